The Kier molecular flexibility index (Phi) is 7.05. The van der Waals surface area contributed by atoms with Gasteiger partial charge in [0, 0.05) is 5.39 Å². The van der Waals surface area contributed by atoms with Gasteiger partial charge in [-0.25, -0.2) is 9.78 Å². The average Bonchev–Trinajstić information content (AvgIpc) is 3.24. The molecule has 2 heterocycles. The molecule has 2 aromatic carbocycles. The number of hydrogen-bond acceptors (Lipinski definition) is 6. The number of rotatable bonds is 7. The summed E-state index contributed by atoms with van der Waals surface area (Å²) >= 11 is 0. The molecule has 0 aliphatic carbocycles. The van der Waals surface area contributed by atoms with E-state index in [4.69, 9.17) is 14.5 Å². The second-order valence-electron chi connectivity index (χ2n) is 8.85. The lowest BCUT2D eigenvalue weighted by atomic mass is 10.1. The number of carbonyl (C=O) groups excluding carboxylic acids is 2. The van der Waals surface area contributed by atoms with Crippen molar-refractivity contribution in [1.29, 1.82) is 0 Å². The van der Waals surface area contributed by atoms with Crippen LogP contribution in [0.2, 0.25) is 0 Å². The first-order valence-electron chi connectivity index (χ1n) is 11.8. The number of para-hydroxylation sites is 1. The first kappa shape index (κ1) is 24.9. The van der Waals surface area contributed by atoms with E-state index in [1.54, 1.807) is 6.92 Å². The normalized spacial score (nSPS) is 10.9. The largest absolute Gasteiger partial charge is 0.483 e. The molecule has 0 spiro atoms. The van der Waals surface area contributed by atoms with Crippen molar-refractivity contribution in [2.24, 2.45) is 0 Å². The third kappa shape index (κ3) is 4.93. The van der Waals surface area contributed by atoms with Gasteiger partial charge in [0.15, 0.2) is 18.2 Å². The summed E-state index contributed by atoms with van der Waals surface area (Å²) in [4.78, 5) is 30.4. The van der Waals surface area contributed by atoms with Crippen molar-refractivity contribution in [3.63, 3.8) is 0 Å². The minimum atomic E-state index is -0.584. The molecule has 8 nitrogen and oxygen atoms in total. The molecule has 0 fully saturated rings. The lowest BCUT2D eigenvalue weighted by Gasteiger charge is -2.14. The highest BCUT2D eigenvalue weighted by Gasteiger charge is 2.23. The average molecular weight is 487 g/mol. The number of benzene rings is 2. The zero-order chi connectivity index (χ0) is 26.0. The van der Waals surface area contributed by atoms with Crippen LogP contribution >= 0.6 is 0 Å². The number of nitrogens with one attached hydrogen (secondary N) is 1. The summed E-state index contributed by atoms with van der Waals surface area (Å²) in [6.45, 7) is 11.6. The summed E-state index contributed by atoms with van der Waals surface area (Å²) < 4.78 is 12.5. The number of ether oxygens (including phenoxy) is 2. The molecule has 8 heteroatoms. The second kappa shape index (κ2) is 10.2. The number of nitrogens with zero attached hydrogens (tertiary/aromatic N) is 3. The molecular weight excluding hydrogens is 456 g/mol. The van der Waals surface area contributed by atoms with E-state index in [9.17, 15) is 9.59 Å². The van der Waals surface area contributed by atoms with Crippen LogP contribution < -0.4 is 10.1 Å². The topological polar surface area (TPSA) is 95.3 Å². The van der Waals surface area contributed by atoms with Gasteiger partial charge in [0.2, 0.25) is 0 Å². The summed E-state index contributed by atoms with van der Waals surface area (Å²) in [5.41, 5.74) is 6.07. The smallest absolute Gasteiger partial charge is 0.343 e. The minimum Gasteiger partial charge on any atom is -0.483 e. The predicted octanol–water partition coefficient (Wildman–Crippen LogP) is 5.16. The maximum atomic E-state index is 13.0. The number of aromatic nitrogens is 3. The first-order valence-corrected chi connectivity index (χ1v) is 11.8. The molecule has 0 radical (unpaired) electrons. The summed E-state index contributed by atoms with van der Waals surface area (Å²) in [6.07, 6.45) is 1.38. The lowest BCUT2D eigenvalue weighted by Crippen LogP contribution is -2.24. The van der Waals surface area contributed by atoms with E-state index in [-0.39, 0.29) is 24.6 Å². The standard InChI is InChI=1S/C28H30N4O4/c1-7-35-28(34)22-14-29-32(24-13-19(5)21-10-8-9-17(3)26(21)30-24)27(22)31-25(33)15-36-23-12-16(2)11-18(4)20(23)6/h8-14H,7,15H2,1-6H3,(H,31,33). The van der Waals surface area contributed by atoms with Crippen LogP contribution in [0.5, 0.6) is 5.75 Å². The molecule has 0 aliphatic heterocycles. The van der Waals surface area contributed by atoms with Crippen molar-refractivity contribution in [3.05, 3.63) is 76.0 Å². The van der Waals surface area contributed by atoms with Crippen LogP contribution in [0, 0.1) is 34.6 Å². The Labute approximate surface area is 210 Å². The maximum absolute atomic E-state index is 13.0. The number of anilines is 1. The Morgan fingerprint density at radius 3 is 2.53 bits per heavy atom. The fourth-order valence-electron chi connectivity index (χ4n) is 4.12. The molecule has 2 aromatic heterocycles. The van der Waals surface area contributed by atoms with Crippen LogP contribution in [0.4, 0.5) is 5.82 Å². The third-order valence-corrected chi connectivity index (χ3v) is 6.10. The SMILES string of the molecule is CCOC(=O)c1cnn(-c2cc(C)c3cccc(C)c3n2)c1NC(=O)COc1cc(C)cc(C)c1C. The highest BCUT2D eigenvalue weighted by molar-refractivity contribution is 6.01. The van der Waals surface area contributed by atoms with Gasteiger partial charge in [-0.15, -0.1) is 0 Å². The van der Waals surface area contributed by atoms with Crippen LogP contribution in [-0.4, -0.2) is 39.9 Å². The highest BCUT2D eigenvalue weighted by Crippen LogP contribution is 2.27. The van der Waals surface area contributed by atoms with Gasteiger partial charge < -0.3 is 14.8 Å². The van der Waals surface area contributed by atoms with Crippen LogP contribution in [0.15, 0.2) is 42.6 Å². The van der Waals surface area contributed by atoms with Gasteiger partial charge in [-0.05, 0) is 81.5 Å². The monoisotopic (exact) mass is 486 g/mol. The molecule has 0 unspecified atom stereocenters. The van der Waals surface area contributed by atoms with E-state index in [0.29, 0.717) is 11.6 Å². The minimum absolute atomic E-state index is 0.136. The van der Waals surface area contributed by atoms with Crippen molar-refractivity contribution in [1.82, 2.24) is 14.8 Å². The molecule has 4 rings (SSSR count). The number of pyridine rings is 1. The van der Waals surface area contributed by atoms with Gasteiger partial charge >= 0.3 is 5.97 Å². The van der Waals surface area contributed by atoms with Crippen LogP contribution in [0.3, 0.4) is 0 Å². The Hall–Kier alpha value is -4.20. The van der Waals surface area contributed by atoms with Gasteiger partial charge in [0.05, 0.1) is 18.3 Å². The van der Waals surface area contributed by atoms with Gasteiger partial charge in [-0.2, -0.15) is 9.78 Å². The van der Waals surface area contributed by atoms with Crippen molar-refractivity contribution in [2.75, 3.05) is 18.5 Å². The Morgan fingerprint density at radius 2 is 1.78 bits per heavy atom. The molecule has 186 valence electrons. The number of hydrogen-bond donors (Lipinski definition) is 1. The zero-order valence-corrected chi connectivity index (χ0v) is 21.4. The fourth-order valence-corrected chi connectivity index (χ4v) is 4.12. The quantitative estimate of drug-likeness (QED) is 0.363. The van der Waals surface area contributed by atoms with E-state index in [1.165, 1.54) is 10.9 Å². The summed E-state index contributed by atoms with van der Waals surface area (Å²) in [5.74, 6) is 0.280. The molecule has 0 saturated carbocycles. The van der Waals surface area contributed by atoms with E-state index in [0.717, 1.165) is 38.7 Å². The number of esters is 1. The Morgan fingerprint density at radius 1 is 1.00 bits per heavy atom. The van der Waals surface area contributed by atoms with E-state index in [1.807, 2.05) is 65.0 Å². The van der Waals surface area contributed by atoms with Gasteiger partial charge in [-0.3, -0.25) is 4.79 Å². The van der Waals surface area contributed by atoms with Gasteiger partial charge in [0.25, 0.3) is 5.91 Å². The Balaban J connectivity index is 1.69. The first-order chi connectivity index (χ1) is 17.2. The molecule has 0 atom stereocenters. The molecular formula is C28H30N4O4. The lowest BCUT2D eigenvalue weighted by molar-refractivity contribution is -0.118. The predicted molar refractivity (Wildman–Crippen MR) is 139 cm³/mol. The molecule has 36 heavy (non-hydrogen) atoms. The molecule has 0 aliphatic rings. The Bertz CT molecular complexity index is 1470. The fraction of sp³-hybridized carbons (Fsp3) is 0.286. The summed E-state index contributed by atoms with van der Waals surface area (Å²) in [5, 5.41) is 8.19. The van der Waals surface area contributed by atoms with Crippen molar-refractivity contribution >= 4 is 28.6 Å². The maximum Gasteiger partial charge on any atom is 0.343 e. The number of aryl methyl sites for hydroxylation is 4. The molecule has 0 saturated heterocycles. The number of carbonyl (C=O) groups is 2. The molecule has 4 aromatic rings. The van der Waals surface area contributed by atoms with E-state index in [2.05, 4.69) is 16.5 Å². The highest BCUT2D eigenvalue weighted by atomic mass is 16.5. The second-order valence-corrected chi connectivity index (χ2v) is 8.85. The van der Waals surface area contributed by atoms with Crippen LogP contribution in [0.25, 0.3) is 16.7 Å². The van der Waals surface area contributed by atoms with Crippen molar-refractivity contribution in [3.8, 4) is 11.6 Å². The summed E-state index contributed by atoms with van der Waals surface area (Å²) in [6, 6.07) is 11.8. The van der Waals surface area contributed by atoms with Crippen LogP contribution in [0.1, 0.15) is 45.1 Å². The zero-order valence-electron chi connectivity index (χ0n) is 21.4. The van der Waals surface area contributed by atoms with Gasteiger partial charge in [0.1, 0.15) is 11.3 Å². The molecule has 1 amide bonds. The van der Waals surface area contributed by atoms with Gasteiger partial charge in [-0.1, -0.05) is 24.3 Å². The number of amides is 1. The van der Waals surface area contributed by atoms with Crippen molar-refractivity contribution in [2.45, 2.75) is 41.5 Å². The number of fused-ring (bicyclic) bond motifs is 1. The molecule has 1 N–H and O–H groups in total. The van der Waals surface area contributed by atoms with E-state index < -0.39 is 11.9 Å². The van der Waals surface area contributed by atoms with Crippen molar-refractivity contribution < 1.29 is 19.1 Å². The van der Waals surface area contributed by atoms with Crippen LogP contribution in [-0.2, 0) is 9.53 Å². The van der Waals surface area contributed by atoms with E-state index >= 15 is 0 Å². The third-order valence-electron chi connectivity index (χ3n) is 6.10. The summed E-state index contributed by atoms with van der Waals surface area (Å²) in [7, 11) is 0. The molecule has 0 bridgehead atoms.